The van der Waals surface area contributed by atoms with E-state index in [0.29, 0.717) is 24.5 Å². The zero-order chi connectivity index (χ0) is 14.4. The highest BCUT2D eigenvalue weighted by molar-refractivity contribution is 8.13. The molecule has 1 aliphatic rings. The Morgan fingerprint density at radius 1 is 1.20 bits per heavy atom. The summed E-state index contributed by atoms with van der Waals surface area (Å²) in [6.07, 6.45) is 1.31. The van der Waals surface area contributed by atoms with E-state index >= 15 is 0 Å². The summed E-state index contributed by atoms with van der Waals surface area (Å²) in [4.78, 5) is 11.6. The maximum atomic E-state index is 11.6. The van der Waals surface area contributed by atoms with Crippen molar-refractivity contribution in [1.29, 1.82) is 0 Å². The van der Waals surface area contributed by atoms with Crippen LogP contribution in [0.2, 0.25) is 0 Å². The van der Waals surface area contributed by atoms with Gasteiger partial charge in [-0.15, -0.1) is 0 Å². The lowest BCUT2D eigenvalue weighted by molar-refractivity contribution is 0.168. The van der Waals surface area contributed by atoms with E-state index in [1.165, 1.54) is 0 Å². The summed E-state index contributed by atoms with van der Waals surface area (Å²) >= 11 is 1.15. The Labute approximate surface area is 123 Å². The van der Waals surface area contributed by atoms with Gasteiger partial charge in [-0.05, 0) is 36.1 Å². The minimum atomic E-state index is -2.83. The van der Waals surface area contributed by atoms with Crippen LogP contribution in [0.4, 0.5) is 4.79 Å². The summed E-state index contributed by atoms with van der Waals surface area (Å²) < 4.78 is 27.8. The zero-order valence-corrected chi connectivity index (χ0v) is 12.8. The molecular weight excluding hydrogens is 296 g/mol. The number of thioether (sulfide) groups is 1. The highest BCUT2D eigenvalue weighted by atomic mass is 32.2. The Bertz CT molecular complexity index is 526. The van der Waals surface area contributed by atoms with Crippen molar-refractivity contribution in [2.24, 2.45) is 5.92 Å². The van der Waals surface area contributed by atoms with Gasteiger partial charge in [-0.3, -0.25) is 0 Å². The molecule has 1 aromatic carbocycles. The molecule has 0 saturated carbocycles. The molecule has 0 N–H and O–H groups in total. The van der Waals surface area contributed by atoms with Crippen LogP contribution < -0.4 is 0 Å². The fourth-order valence-corrected chi connectivity index (χ4v) is 4.49. The van der Waals surface area contributed by atoms with E-state index in [0.717, 1.165) is 17.3 Å². The molecule has 2 rings (SSSR count). The molecule has 0 unspecified atom stereocenters. The van der Waals surface area contributed by atoms with E-state index in [1.807, 2.05) is 30.3 Å². The summed E-state index contributed by atoms with van der Waals surface area (Å²) in [6.45, 7) is 0.283. The zero-order valence-electron chi connectivity index (χ0n) is 11.2. The van der Waals surface area contributed by atoms with E-state index in [1.54, 1.807) is 0 Å². The van der Waals surface area contributed by atoms with Crippen molar-refractivity contribution in [3.8, 4) is 0 Å². The van der Waals surface area contributed by atoms with Gasteiger partial charge in [0.25, 0.3) is 0 Å². The smallest absolute Gasteiger partial charge is 0.367 e. The summed E-state index contributed by atoms with van der Waals surface area (Å²) in [6, 6.07) is 9.53. The second kappa shape index (κ2) is 7.13. The Hall–Kier alpha value is -1.01. The van der Waals surface area contributed by atoms with Crippen molar-refractivity contribution < 1.29 is 17.9 Å². The second-order valence-corrected chi connectivity index (χ2v) is 8.19. The van der Waals surface area contributed by atoms with Crippen LogP contribution in [-0.4, -0.2) is 31.0 Å². The maximum absolute atomic E-state index is 11.6. The molecule has 0 bridgehead atoms. The summed E-state index contributed by atoms with van der Waals surface area (Å²) in [5.74, 6) is 1.44. The van der Waals surface area contributed by atoms with Crippen LogP contribution in [0.5, 0.6) is 0 Å². The molecule has 6 heteroatoms. The van der Waals surface area contributed by atoms with Crippen LogP contribution in [0, 0.1) is 5.92 Å². The lowest BCUT2D eigenvalue weighted by atomic mass is 10.1. The Kier molecular flexibility index (Phi) is 5.48. The summed E-state index contributed by atoms with van der Waals surface area (Å²) in [7, 11) is -2.83. The Morgan fingerprint density at radius 2 is 1.85 bits per heavy atom. The third kappa shape index (κ3) is 5.17. The van der Waals surface area contributed by atoms with Gasteiger partial charge in [0.05, 0.1) is 11.5 Å². The average molecular weight is 314 g/mol. The normalized spacial score (nSPS) is 18.6. The quantitative estimate of drug-likeness (QED) is 0.800. The van der Waals surface area contributed by atoms with E-state index in [-0.39, 0.29) is 23.4 Å². The molecule has 0 amide bonds. The van der Waals surface area contributed by atoms with Gasteiger partial charge in [0.15, 0.2) is 0 Å². The minimum absolute atomic E-state index is 0.247. The molecule has 0 atom stereocenters. The summed E-state index contributed by atoms with van der Waals surface area (Å²) in [5, 5.41) is -0.290. The molecular formula is C14H18O4S2. The lowest BCUT2D eigenvalue weighted by Crippen LogP contribution is -2.24. The Morgan fingerprint density at radius 3 is 2.50 bits per heavy atom. The third-order valence-electron chi connectivity index (χ3n) is 3.31. The fourth-order valence-electron chi connectivity index (χ4n) is 2.05. The van der Waals surface area contributed by atoms with Gasteiger partial charge >= 0.3 is 5.30 Å². The summed E-state index contributed by atoms with van der Waals surface area (Å²) in [5.41, 5.74) is 0.963. The highest BCUT2D eigenvalue weighted by Crippen LogP contribution is 2.23. The topological polar surface area (TPSA) is 60.4 Å². The predicted molar refractivity (Wildman–Crippen MR) is 80.5 cm³/mol. The standard InChI is InChI=1S/C14H18O4S2/c15-14(18-10-12-4-2-1-3-5-12)19-11-13-6-8-20(16,17)9-7-13/h1-5,13H,6-11H2. The second-order valence-electron chi connectivity index (χ2n) is 4.93. The van der Waals surface area contributed by atoms with E-state index in [2.05, 4.69) is 0 Å². The molecule has 1 aliphatic heterocycles. The number of benzene rings is 1. The molecule has 4 nitrogen and oxygen atoms in total. The van der Waals surface area contributed by atoms with E-state index in [4.69, 9.17) is 4.74 Å². The van der Waals surface area contributed by atoms with Crippen molar-refractivity contribution in [3.63, 3.8) is 0 Å². The Balaban J connectivity index is 1.66. The molecule has 0 spiro atoms. The molecule has 1 saturated heterocycles. The molecule has 0 radical (unpaired) electrons. The largest absolute Gasteiger partial charge is 0.453 e. The van der Waals surface area contributed by atoms with Crippen LogP contribution >= 0.6 is 11.8 Å². The molecule has 0 aromatic heterocycles. The number of hydrogen-bond acceptors (Lipinski definition) is 5. The molecule has 1 fully saturated rings. The van der Waals surface area contributed by atoms with Gasteiger partial charge in [-0.1, -0.05) is 30.3 Å². The van der Waals surface area contributed by atoms with Crippen molar-refractivity contribution in [1.82, 2.24) is 0 Å². The molecule has 110 valence electrons. The van der Waals surface area contributed by atoms with Gasteiger partial charge < -0.3 is 4.74 Å². The fraction of sp³-hybridized carbons (Fsp3) is 0.500. The van der Waals surface area contributed by atoms with Crippen molar-refractivity contribution in [2.75, 3.05) is 17.3 Å². The van der Waals surface area contributed by atoms with Gasteiger partial charge in [0, 0.05) is 5.75 Å². The van der Waals surface area contributed by atoms with Crippen molar-refractivity contribution in [3.05, 3.63) is 35.9 Å². The average Bonchev–Trinajstić information content (AvgIpc) is 2.45. The van der Waals surface area contributed by atoms with Crippen LogP contribution in [0.1, 0.15) is 18.4 Å². The SMILES string of the molecule is O=C(OCc1ccccc1)SCC1CCS(=O)(=O)CC1. The number of sulfone groups is 1. The third-order valence-corrected chi connectivity index (χ3v) is 6.02. The predicted octanol–water partition coefficient (Wildman–Crippen LogP) is 2.88. The number of ether oxygens (including phenoxy) is 1. The van der Waals surface area contributed by atoms with E-state index < -0.39 is 9.84 Å². The van der Waals surface area contributed by atoms with Gasteiger partial charge in [-0.2, -0.15) is 0 Å². The first-order valence-electron chi connectivity index (χ1n) is 6.59. The molecule has 0 aliphatic carbocycles. The van der Waals surface area contributed by atoms with Gasteiger partial charge in [0.1, 0.15) is 16.4 Å². The van der Waals surface area contributed by atoms with Crippen LogP contribution in [0.3, 0.4) is 0 Å². The van der Waals surface area contributed by atoms with E-state index in [9.17, 15) is 13.2 Å². The van der Waals surface area contributed by atoms with Crippen LogP contribution in [0.15, 0.2) is 30.3 Å². The monoisotopic (exact) mass is 314 g/mol. The molecule has 1 heterocycles. The number of hydrogen-bond donors (Lipinski definition) is 0. The van der Waals surface area contributed by atoms with Gasteiger partial charge in [-0.25, -0.2) is 13.2 Å². The highest BCUT2D eigenvalue weighted by Gasteiger charge is 2.24. The van der Waals surface area contributed by atoms with Crippen molar-refractivity contribution in [2.45, 2.75) is 19.4 Å². The number of carbonyl (C=O) groups is 1. The molecule has 20 heavy (non-hydrogen) atoms. The van der Waals surface area contributed by atoms with Crippen LogP contribution in [0.25, 0.3) is 0 Å². The molecule has 1 aromatic rings. The number of rotatable bonds is 4. The number of carbonyl (C=O) groups excluding carboxylic acids is 1. The first-order chi connectivity index (χ1) is 9.55. The minimum Gasteiger partial charge on any atom is -0.453 e. The first-order valence-corrected chi connectivity index (χ1v) is 9.40. The van der Waals surface area contributed by atoms with Crippen LogP contribution in [-0.2, 0) is 21.2 Å². The maximum Gasteiger partial charge on any atom is 0.367 e. The van der Waals surface area contributed by atoms with Gasteiger partial charge in [0.2, 0.25) is 0 Å². The van der Waals surface area contributed by atoms with Crippen molar-refractivity contribution >= 4 is 26.9 Å². The lowest BCUT2D eigenvalue weighted by Gasteiger charge is -2.20. The first kappa shape index (κ1) is 15.4.